The minimum atomic E-state index is -4.66. The van der Waals surface area contributed by atoms with Gasteiger partial charge in [-0.3, -0.25) is 0 Å². The molecule has 0 aliphatic heterocycles. The van der Waals surface area contributed by atoms with Gasteiger partial charge in [-0.2, -0.15) is 0 Å². The summed E-state index contributed by atoms with van der Waals surface area (Å²) in [5, 5.41) is 2.67. The molecule has 0 atom stereocenters. The Morgan fingerprint density at radius 3 is 2.46 bits per heavy atom. The van der Waals surface area contributed by atoms with E-state index in [1.807, 2.05) is 0 Å². The monoisotopic (exact) mass is 192 g/mol. The fraction of sp³-hybridized carbons (Fsp3) is 0.286. The minimum Gasteiger partial charge on any atom is -0.404 e. The van der Waals surface area contributed by atoms with Crippen LogP contribution in [-0.4, -0.2) is 18.4 Å². The fourth-order valence-corrected chi connectivity index (χ4v) is 0.722. The zero-order valence-electron chi connectivity index (χ0n) is 6.72. The number of hydrogen-bond acceptors (Lipinski definition) is 3. The summed E-state index contributed by atoms with van der Waals surface area (Å²) in [4.78, 5) is 3.65. The number of halogens is 3. The van der Waals surface area contributed by atoms with E-state index in [0.29, 0.717) is 5.82 Å². The van der Waals surface area contributed by atoms with E-state index in [2.05, 4.69) is 15.0 Å². The predicted octanol–water partition coefficient (Wildman–Crippen LogP) is 2.02. The van der Waals surface area contributed by atoms with Crippen molar-refractivity contribution in [2.45, 2.75) is 6.36 Å². The van der Waals surface area contributed by atoms with E-state index in [1.54, 1.807) is 7.05 Å². The summed E-state index contributed by atoms with van der Waals surface area (Å²) < 4.78 is 38.6. The average Bonchev–Trinajstić information content (AvgIpc) is 2.03. The molecule has 0 spiro atoms. The summed E-state index contributed by atoms with van der Waals surface area (Å²) in [6.07, 6.45) is -3.66. The maximum absolute atomic E-state index is 11.7. The molecule has 0 aliphatic carbocycles. The van der Waals surface area contributed by atoms with Crippen molar-refractivity contribution in [1.29, 1.82) is 0 Å². The van der Waals surface area contributed by atoms with Crippen LogP contribution in [0.3, 0.4) is 0 Å². The second kappa shape index (κ2) is 3.51. The van der Waals surface area contributed by atoms with Gasteiger partial charge in [-0.05, 0) is 12.1 Å². The Hall–Kier alpha value is -1.46. The van der Waals surface area contributed by atoms with Crippen LogP contribution in [0.25, 0.3) is 0 Å². The van der Waals surface area contributed by atoms with Crippen LogP contribution in [0.4, 0.5) is 19.0 Å². The van der Waals surface area contributed by atoms with Crippen molar-refractivity contribution < 1.29 is 17.9 Å². The summed E-state index contributed by atoms with van der Waals surface area (Å²) >= 11 is 0. The van der Waals surface area contributed by atoms with Crippen LogP contribution in [0.1, 0.15) is 0 Å². The Balaban J connectivity index is 2.70. The van der Waals surface area contributed by atoms with Crippen molar-refractivity contribution >= 4 is 5.82 Å². The van der Waals surface area contributed by atoms with Gasteiger partial charge >= 0.3 is 6.36 Å². The van der Waals surface area contributed by atoms with E-state index in [-0.39, 0.29) is 5.75 Å². The molecule has 0 aliphatic rings. The predicted molar refractivity (Wildman–Crippen MR) is 40.5 cm³/mol. The average molecular weight is 192 g/mol. The highest BCUT2D eigenvalue weighted by atomic mass is 19.4. The molecule has 0 radical (unpaired) electrons. The van der Waals surface area contributed by atoms with Crippen LogP contribution in [0.2, 0.25) is 0 Å². The fourth-order valence-electron chi connectivity index (χ4n) is 0.722. The van der Waals surface area contributed by atoms with E-state index in [9.17, 15) is 13.2 Å². The van der Waals surface area contributed by atoms with Crippen LogP contribution in [0, 0.1) is 0 Å². The van der Waals surface area contributed by atoms with Gasteiger partial charge < -0.3 is 10.1 Å². The Bertz CT molecular complexity index is 270. The molecule has 6 heteroatoms. The lowest BCUT2D eigenvalue weighted by Crippen LogP contribution is -2.17. The number of alkyl halides is 3. The number of pyridine rings is 1. The maximum atomic E-state index is 11.7. The minimum absolute atomic E-state index is 0.327. The van der Waals surface area contributed by atoms with Crippen molar-refractivity contribution in [2.75, 3.05) is 12.4 Å². The normalized spacial score (nSPS) is 11.1. The first-order chi connectivity index (χ1) is 6.01. The van der Waals surface area contributed by atoms with Gasteiger partial charge in [0, 0.05) is 7.05 Å². The molecule has 0 aromatic carbocycles. The number of nitrogens with zero attached hydrogens (tertiary/aromatic N) is 1. The zero-order valence-corrected chi connectivity index (χ0v) is 6.72. The van der Waals surface area contributed by atoms with Crippen LogP contribution in [0.5, 0.6) is 5.75 Å². The van der Waals surface area contributed by atoms with Gasteiger partial charge in [-0.25, -0.2) is 4.98 Å². The SMILES string of the molecule is CNc1ccc(OC(F)(F)F)cn1. The lowest BCUT2D eigenvalue weighted by atomic mass is 10.4. The van der Waals surface area contributed by atoms with Crippen LogP contribution < -0.4 is 10.1 Å². The molecular formula is C7H7F3N2O. The first-order valence-electron chi connectivity index (χ1n) is 3.41. The number of aromatic nitrogens is 1. The molecule has 0 fully saturated rings. The van der Waals surface area contributed by atoms with E-state index in [0.717, 1.165) is 6.20 Å². The van der Waals surface area contributed by atoms with Gasteiger partial charge in [0.1, 0.15) is 11.6 Å². The van der Waals surface area contributed by atoms with E-state index in [4.69, 9.17) is 0 Å². The van der Waals surface area contributed by atoms with E-state index < -0.39 is 6.36 Å². The Labute approximate surface area is 72.5 Å². The van der Waals surface area contributed by atoms with Crippen molar-refractivity contribution in [1.82, 2.24) is 4.98 Å². The Kier molecular flexibility index (Phi) is 2.60. The summed E-state index contributed by atoms with van der Waals surface area (Å²) in [5.41, 5.74) is 0. The van der Waals surface area contributed by atoms with E-state index >= 15 is 0 Å². The molecule has 1 rings (SSSR count). The highest BCUT2D eigenvalue weighted by Crippen LogP contribution is 2.22. The quantitative estimate of drug-likeness (QED) is 0.778. The molecule has 72 valence electrons. The van der Waals surface area contributed by atoms with Gasteiger partial charge in [0.05, 0.1) is 6.20 Å². The second-order valence-corrected chi connectivity index (χ2v) is 2.18. The highest BCUT2D eigenvalue weighted by Gasteiger charge is 2.31. The Morgan fingerprint density at radius 2 is 2.08 bits per heavy atom. The molecule has 13 heavy (non-hydrogen) atoms. The van der Waals surface area contributed by atoms with Crippen molar-refractivity contribution in [3.05, 3.63) is 18.3 Å². The maximum Gasteiger partial charge on any atom is 0.573 e. The molecule has 0 saturated heterocycles. The third-order valence-corrected chi connectivity index (χ3v) is 1.23. The number of nitrogens with one attached hydrogen (secondary N) is 1. The third kappa shape index (κ3) is 3.18. The third-order valence-electron chi connectivity index (χ3n) is 1.23. The van der Waals surface area contributed by atoms with Crippen LogP contribution >= 0.6 is 0 Å². The van der Waals surface area contributed by atoms with Gasteiger partial charge in [0.2, 0.25) is 0 Å². The van der Waals surface area contributed by atoms with Crippen molar-refractivity contribution in [3.63, 3.8) is 0 Å². The zero-order chi connectivity index (χ0) is 9.90. The standard InChI is InChI=1S/C7H7F3N2O/c1-11-6-3-2-5(4-12-6)13-7(8,9)10/h2-4H,1H3,(H,11,12). The molecule has 1 aromatic rings. The summed E-state index contributed by atoms with van der Waals surface area (Å²) in [6, 6.07) is 2.58. The van der Waals surface area contributed by atoms with E-state index in [1.165, 1.54) is 12.1 Å². The van der Waals surface area contributed by atoms with Crippen LogP contribution in [-0.2, 0) is 0 Å². The van der Waals surface area contributed by atoms with Crippen molar-refractivity contribution in [2.24, 2.45) is 0 Å². The van der Waals surface area contributed by atoms with Gasteiger partial charge in [-0.15, -0.1) is 13.2 Å². The van der Waals surface area contributed by atoms with Crippen LogP contribution in [0.15, 0.2) is 18.3 Å². The molecular weight excluding hydrogens is 185 g/mol. The summed E-state index contributed by atoms with van der Waals surface area (Å²) in [6.45, 7) is 0. The first-order valence-corrected chi connectivity index (χ1v) is 3.41. The number of anilines is 1. The summed E-state index contributed by atoms with van der Waals surface area (Å²) in [5.74, 6) is 0.154. The van der Waals surface area contributed by atoms with Gasteiger partial charge in [0.25, 0.3) is 0 Å². The smallest absolute Gasteiger partial charge is 0.404 e. The molecule has 0 unspecified atom stereocenters. The molecule has 1 N–H and O–H groups in total. The summed E-state index contributed by atoms with van der Waals surface area (Å²) in [7, 11) is 1.62. The first kappa shape index (κ1) is 9.63. The second-order valence-electron chi connectivity index (χ2n) is 2.18. The lowest BCUT2D eigenvalue weighted by molar-refractivity contribution is -0.274. The van der Waals surface area contributed by atoms with Gasteiger partial charge in [0.15, 0.2) is 0 Å². The number of rotatable bonds is 2. The molecule has 0 amide bonds. The molecule has 1 heterocycles. The van der Waals surface area contributed by atoms with Crippen molar-refractivity contribution in [3.8, 4) is 5.75 Å². The highest BCUT2D eigenvalue weighted by molar-refractivity contribution is 5.36. The molecule has 3 nitrogen and oxygen atoms in total. The topological polar surface area (TPSA) is 34.1 Å². The lowest BCUT2D eigenvalue weighted by Gasteiger charge is -2.08. The molecule has 0 bridgehead atoms. The van der Waals surface area contributed by atoms with Gasteiger partial charge in [-0.1, -0.05) is 0 Å². The molecule has 1 aromatic heterocycles. The Morgan fingerprint density at radius 1 is 1.38 bits per heavy atom. The number of hydrogen-bond donors (Lipinski definition) is 1. The number of ether oxygens (including phenoxy) is 1. The largest absolute Gasteiger partial charge is 0.573 e. The molecule has 0 saturated carbocycles.